The van der Waals surface area contributed by atoms with Crippen LogP contribution in [-0.4, -0.2) is 9.97 Å². The fraction of sp³-hybridized carbons (Fsp3) is 0.0492. The fourth-order valence-corrected chi connectivity index (χ4v) is 10.1. The van der Waals surface area contributed by atoms with Crippen molar-refractivity contribution in [3.63, 3.8) is 0 Å². The van der Waals surface area contributed by atoms with Crippen molar-refractivity contribution < 1.29 is 0 Å². The van der Waals surface area contributed by atoms with Gasteiger partial charge in [-0.2, -0.15) is 0 Å². The highest BCUT2D eigenvalue weighted by molar-refractivity contribution is 6.20. The number of hydrogen-bond acceptors (Lipinski definition) is 2. The van der Waals surface area contributed by atoms with E-state index in [1.165, 1.54) is 71.3 Å². The van der Waals surface area contributed by atoms with Gasteiger partial charge in [-0.15, -0.1) is 0 Å². The van der Waals surface area contributed by atoms with Crippen molar-refractivity contribution in [1.29, 1.82) is 0 Å². The molecule has 0 unspecified atom stereocenters. The molecule has 12 rings (SSSR count). The van der Waals surface area contributed by atoms with Gasteiger partial charge in [-0.25, -0.2) is 9.97 Å². The lowest BCUT2D eigenvalue weighted by molar-refractivity contribution is 0.660. The third-order valence-electron chi connectivity index (χ3n) is 13.2. The molecule has 1 aromatic heterocycles. The van der Waals surface area contributed by atoms with Crippen LogP contribution in [0.2, 0.25) is 0 Å². The van der Waals surface area contributed by atoms with Gasteiger partial charge in [-0.1, -0.05) is 196 Å². The molecule has 1 heterocycles. The number of rotatable bonds is 6. The monoisotopic (exact) mass is 802 g/mol. The van der Waals surface area contributed by atoms with Crippen LogP contribution in [0.4, 0.5) is 0 Å². The Balaban J connectivity index is 0.955. The maximum absolute atomic E-state index is 5.24. The minimum Gasteiger partial charge on any atom is -0.228 e. The van der Waals surface area contributed by atoms with Crippen molar-refractivity contribution in [2.45, 2.75) is 19.3 Å². The van der Waals surface area contributed by atoms with Crippen LogP contribution in [-0.2, 0) is 5.41 Å². The van der Waals surface area contributed by atoms with Gasteiger partial charge in [-0.3, -0.25) is 0 Å². The molecule has 0 saturated heterocycles. The number of nitrogens with zero attached hydrogens (tertiary/aromatic N) is 2. The average molecular weight is 803 g/mol. The van der Waals surface area contributed by atoms with E-state index in [1.54, 1.807) is 0 Å². The topological polar surface area (TPSA) is 25.8 Å². The van der Waals surface area contributed by atoms with Crippen LogP contribution >= 0.6 is 0 Å². The van der Waals surface area contributed by atoms with Gasteiger partial charge in [0, 0.05) is 22.1 Å². The molecule has 296 valence electrons. The highest BCUT2D eigenvalue weighted by Crippen LogP contribution is 2.50. The molecule has 0 bridgehead atoms. The van der Waals surface area contributed by atoms with Crippen LogP contribution in [0.25, 0.3) is 111 Å². The maximum atomic E-state index is 5.24. The lowest BCUT2D eigenvalue weighted by Crippen LogP contribution is -2.14. The van der Waals surface area contributed by atoms with E-state index in [9.17, 15) is 0 Å². The summed E-state index contributed by atoms with van der Waals surface area (Å²) in [5.74, 6) is 0.702. The van der Waals surface area contributed by atoms with E-state index in [1.807, 2.05) is 18.2 Å². The smallest absolute Gasteiger partial charge is 0.160 e. The van der Waals surface area contributed by atoms with E-state index in [-0.39, 0.29) is 5.41 Å². The van der Waals surface area contributed by atoms with Crippen LogP contribution < -0.4 is 0 Å². The van der Waals surface area contributed by atoms with Crippen LogP contribution in [0.15, 0.2) is 218 Å². The van der Waals surface area contributed by atoms with Crippen LogP contribution in [0.5, 0.6) is 0 Å². The van der Waals surface area contributed by atoms with Crippen molar-refractivity contribution in [3.05, 3.63) is 230 Å². The summed E-state index contributed by atoms with van der Waals surface area (Å²) in [6.07, 6.45) is 0. The largest absolute Gasteiger partial charge is 0.228 e. The summed E-state index contributed by atoms with van der Waals surface area (Å²) in [5, 5.41) is 7.55. The summed E-state index contributed by atoms with van der Waals surface area (Å²) in [6.45, 7) is 4.66. The zero-order valence-electron chi connectivity index (χ0n) is 35.2. The van der Waals surface area contributed by atoms with E-state index >= 15 is 0 Å². The molecule has 63 heavy (non-hydrogen) atoms. The molecular formula is C61H42N2. The summed E-state index contributed by atoms with van der Waals surface area (Å²) >= 11 is 0. The van der Waals surface area contributed by atoms with Gasteiger partial charge in [0.1, 0.15) is 0 Å². The second kappa shape index (κ2) is 14.6. The Morgan fingerprint density at radius 3 is 1.57 bits per heavy atom. The Morgan fingerprint density at radius 2 is 0.841 bits per heavy atom. The Kier molecular flexibility index (Phi) is 8.55. The molecule has 11 aromatic rings. The van der Waals surface area contributed by atoms with Crippen molar-refractivity contribution in [1.82, 2.24) is 9.97 Å². The molecule has 0 radical (unpaired) electrons. The van der Waals surface area contributed by atoms with Crippen molar-refractivity contribution >= 4 is 32.3 Å². The number of hydrogen-bond donors (Lipinski definition) is 0. The van der Waals surface area contributed by atoms with Gasteiger partial charge in [0.25, 0.3) is 0 Å². The van der Waals surface area contributed by atoms with Crippen molar-refractivity contribution in [2.24, 2.45) is 0 Å². The molecule has 0 N–H and O–H groups in total. The molecule has 10 aromatic carbocycles. The van der Waals surface area contributed by atoms with Gasteiger partial charge >= 0.3 is 0 Å². The van der Waals surface area contributed by atoms with E-state index in [4.69, 9.17) is 9.97 Å². The van der Waals surface area contributed by atoms with Gasteiger partial charge < -0.3 is 0 Å². The van der Waals surface area contributed by atoms with E-state index < -0.39 is 0 Å². The highest BCUT2D eigenvalue weighted by Gasteiger charge is 2.35. The first-order valence-corrected chi connectivity index (χ1v) is 21.8. The first-order valence-electron chi connectivity index (χ1n) is 21.8. The Hall–Kier alpha value is -7.94. The molecular weight excluding hydrogens is 761 g/mol. The summed E-state index contributed by atoms with van der Waals surface area (Å²) in [6, 6.07) is 79.2. The summed E-state index contributed by atoms with van der Waals surface area (Å²) < 4.78 is 0. The molecule has 2 heteroatoms. The van der Waals surface area contributed by atoms with Gasteiger partial charge in [0.15, 0.2) is 5.82 Å². The Morgan fingerprint density at radius 1 is 0.302 bits per heavy atom. The molecule has 0 atom stereocenters. The van der Waals surface area contributed by atoms with E-state index in [0.29, 0.717) is 5.82 Å². The zero-order valence-corrected chi connectivity index (χ0v) is 35.2. The standard InChI is InChI=1S/C61H42N2/c1-61(2)55-28-11-10-27-51(55)54-36-44(30-32-56(54)61)42-20-13-23-47(34-42)58-38-57(62-60(63-58)40-16-4-3-5-17-40)46-22-12-19-41(33-46)43-21-14-24-48(35-43)59-50-26-9-7-18-45(50)37-53-49-25-8-6-15-39(49)29-31-52(53)59/h3-38H,1-2H3. The zero-order chi connectivity index (χ0) is 42.1. The minimum atomic E-state index is -0.0288. The normalized spacial score (nSPS) is 12.7. The SMILES string of the molecule is CC1(C)c2ccccc2-c2cc(-c3cccc(-c4cc(-c5cccc(-c6cccc(-c7c8ccccc8cc8c7ccc7ccccc78)c6)c5)nc(-c5ccccc5)n4)c3)ccc21. The Bertz CT molecular complexity index is 3600. The predicted molar refractivity (Wildman–Crippen MR) is 265 cm³/mol. The van der Waals surface area contributed by atoms with Gasteiger partial charge in [0.2, 0.25) is 0 Å². The second-order valence-electron chi connectivity index (χ2n) is 17.4. The first kappa shape index (κ1) is 36.9. The predicted octanol–water partition coefficient (Wildman–Crippen LogP) is 16.2. The summed E-state index contributed by atoms with van der Waals surface area (Å²) in [4.78, 5) is 10.5. The number of fused-ring (bicyclic) bond motifs is 7. The van der Waals surface area contributed by atoms with Gasteiger partial charge in [0.05, 0.1) is 11.4 Å². The van der Waals surface area contributed by atoms with E-state index in [0.717, 1.165) is 44.8 Å². The highest BCUT2D eigenvalue weighted by atomic mass is 14.9. The number of aromatic nitrogens is 2. The van der Waals surface area contributed by atoms with Crippen molar-refractivity contribution in [3.8, 4) is 78.4 Å². The molecule has 1 aliphatic carbocycles. The van der Waals surface area contributed by atoms with Crippen LogP contribution in [0.1, 0.15) is 25.0 Å². The fourth-order valence-electron chi connectivity index (χ4n) is 10.1. The second-order valence-corrected chi connectivity index (χ2v) is 17.4. The van der Waals surface area contributed by atoms with Gasteiger partial charge in [-0.05, 0) is 124 Å². The lowest BCUT2D eigenvalue weighted by atomic mass is 9.82. The summed E-state index contributed by atoms with van der Waals surface area (Å²) in [7, 11) is 0. The van der Waals surface area contributed by atoms with Crippen LogP contribution in [0.3, 0.4) is 0 Å². The molecule has 1 aliphatic rings. The quantitative estimate of drug-likeness (QED) is 0.124. The number of benzene rings is 10. The minimum absolute atomic E-state index is 0.0288. The van der Waals surface area contributed by atoms with Crippen LogP contribution in [0, 0.1) is 0 Å². The molecule has 2 nitrogen and oxygen atoms in total. The Labute approximate surface area is 367 Å². The van der Waals surface area contributed by atoms with E-state index in [2.05, 4.69) is 214 Å². The molecule has 0 saturated carbocycles. The van der Waals surface area contributed by atoms with Crippen molar-refractivity contribution in [2.75, 3.05) is 0 Å². The average Bonchev–Trinajstić information content (AvgIpc) is 3.58. The molecule has 0 spiro atoms. The third kappa shape index (κ3) is 6.25. The molecule has 0 aliphatic heterocycles. The third-order valence-corrected chi connectivity index (χ3v) is 13.2. The first-order chi connectivity index (χ1) is 31.0. The summed E-state index contributed by atoms with van der Waals surface area (Å²) in [5.41, 5.74) is 17.3. The maximum Gasteiger partial charge on any atom is 0.160 e. The molecule has 0 amide bonds. The molecule has 0 fully saturated rings. The lowest BCUT2D eigenvalue weighted by Gasteiger charge is -2.21.